The third-order valence-electron chi connectivity index (χ3n) is 4.78. The summed E-state index contributed by atoms with van der Waals surface area (Å²) in [4.78, 5) is 60.9. The zero-order valence-electron chi connectivity index (χ0n) is 16.6. The van der Waals surface area contributed by atoms with Crippen molar-refractivity contribution in [2.75, 3.05) is 12.3 Å². The van der Waals surface area contributed by atoms with E-state index < -0.39 is 48.2 Å². The lowest BCUT2D eigenvalue weighted by Gasteiger charge is -2.27. The summed E-state index contributed by atoms with van der Waals surface area (Å²) >= 11 is 11.9. The topological polar surface area (TPSA) is 159 Å². The van der Waals surface area contributed by atoms with Gasteiger partial charge in [0.25, 0.3) is 5.91 Å². The lowest BCUT2D eigenvalue weighted by Crippen LogP contribution is -2.54. The van der Waals surface area contributed by atoms with Crippen LogP contribution in [0.25, 0.3) is 0 Å². The van der Waals surface area contributed by atoms with Crippen LogP contribution in [0.5, 0.6) is 0 Å². The highest BCUT2D eigenvalue weighted by atomic mass is 35.5. The van der Waals surface area contributed by atoms with E-state index in [1.165, 1.54) is 24.0 Å². The Morgan fingerprint density at radius 2 is 1.87 bits per heavy atom. The minimum atomic E-state index is -1.24. The van der Waals surface area contributed by atoms with E-state index >= 15 is 0 Å². The van der Waals surface area contributed by atoms with Crippen LogP contribution in [0.1, 0.15) is 36.5 Å². The summed E-state index contributed by atoms with van der Waals surface area (Å²) in [5.41, 5.74) is 5.89. The van der Waals surface area contributed by atoms with Crippen molar-refractivity contribution >= 4 is 58.9 Å². The maximum atomic E-state index is 12.8. The number of aliphatic carboxylic acids is 1. The van der Waals surface area contributed by atoms with Gasteiger partial charge in [-0.1, -0.05) is 23.2 Å². The molecule has 1 saturated heterocycles. The summed E-state index contributed by atoms with van der Waals surface area (Å²) in [7, 11) is 0. The molecule has 1 aliphatic rings. The van der Waals surface area contributed by atoms with Gasteiger partial charge in [-0.15, -0.1) is 0 Å². The van der Waals surface area contributed by atoms with Gasteiger partial charge in [0.1, 0.15) is 18.4 Å². The quantitative estimate of drug-likeness (QED) is 0.322. The van der Waals surface area contributed by atoms with E-state index in [4.69, 9.17) is 34.0 Å². The summed E-state index contributed by atoms with van der Waals surface area (Å²) in [5.74, 6) is -2.97. The number of rotatable bonds is 8. The SMILES string of the molecule is C[C@H](NC(=O)c1cc(Cl)c(N)c(Cl)c1)C(=O)N1CCC[C@H]1C(=O)NC(C=O)CC(=O)O. The molecular weight excluding hydrogens is 451 g/mol. The van der Waals surface area contributed by atoms with Crippen molar-refractivity contribution in [3.05, 3.63) is 27.7 Å². The molecule has 3 atom stereocenters. The highest BCUT2D eigenvalue weighted by molar-refractivity contribution is 6.39. The number of benzene rings is 1. The van der Waals surface area contributed by atoms with E-state index in [0.717, 1.165) is 0 Å². The number of nitrogens with two attached hydrogens (primary N) is 1. The largest absolute Gasteiger partial charge is 0.481 e. The van der Waals surface area contributed by atoms with E-state index in [1.807, 2.05) is 0 Å². The Bertz CT molecular complexity index is 886. The van der Waals surface area contributed by atoms with Crippen LogP contribution in [0.2, 0.25) is 10.0 Å². The number of nitrogens with one attached hydrogen (secondary N) is 2. The average Bonchev–Trinajstić information content (AvgIpc) is 3.19. The van der Waals surface area contributed by atoms with Gasteiger partial charge in [0.05, 0.1) is 28.2 Å². The fourth-order valence-electron chi connectivity index (χ4n) is 3.21. The molecule has 0 spiro atoms. The number of hydrogen-bond donors (Lipinski definition) is 4. The van der Waals surface area contributed by atoms with Gasteiger partial charge in [-0.25, -0.2) is 0 Å². The van der Waals surface area contributed by atoms with Gasteiger partial charge in [-0.2, -0.15) is 0 Å². The summed E-state index contributed by atoms with van der Waals surface area (Å²) in [6.07, 6.45) is 0.659. The van der Waals surface area contributed by atoms with E-state index in [2.05, 4.69) is 10.6 Å². The number of nitrogens with zero attached hydrogens (tertiary/aromatic N) is 1. The summed E-state index contributed by atoms with van der Waals surface area (Å²) in [6.45, 7) is 1.74. The van der Waals surface area contributed by atoms with E-state index in [0.29, 0.717) is 19.1 Å². The van der Waals surface area contributed by atoms with Gasteiger partial charge < -0.3 is 31.2 Å². The van der Waals surface area contributed by atoms with Crippen molar-refractivity contribution in [3.63, 3.8) is 0 Å². The zero-order chi connectivity index (χ0) is 23.3. The predicted molar refractivity (Wildman–Crippen MR) is 113 cm³/mol. The number of nitrogen functional groups attached to an aromatic ring is 1. The molecule has 10 nitrogen and oxygen atoms in total. The van der Waals surface area contributed by atoms with Crippen molar-refractivity contribution in [2.24, 2.45) is 0 Å². The highest BCUT2D eigenvalue weighted by Gasteiger charge is 2.37. The average molecular weight is 473 g/mol. The van der Waals surface area contributed by atoms with E-state index in [-0.39, 0.29) is 27.8 Å². The summed E-state index contributed by atoms with van der Waals surface area (Å²) in [6, 6.07) is -0.396. The number of amides is 3. The number of carboxylic acid groups (broad SMARTS) is 1. The first kappa shape index (κ1) is 24.4. The molecule has 1 aliphatic heterocycles. The Labute approximate surface area is 188 Å². The Balaban J connectivity index is 2.05. The number of aldehydes is 1. The zero-order valence-corrected chi connectivity index (χ0v) is 18.1. The number of anilines is 1. The van der Waals surface area contributed by atoms with Crippen LogP contribution in [0.4, 0.5) is 5.69 Å². The molecule has 1 heterocycles. The van der Waals surface area contributed by atoms with Gasteiger partial charge in [-0.05, 0) is 31.9 Å². The molecular formula is C19H22Cl2N4O6. The predicted octanol–water partition coefficient (Wildman–Crippen LogP) is 0.843. The maximum Gasteiger partial charge on any atom is 0.305 e. The molecule has 0 radical (unpaired) electrons. The van der Waals surface area contributed by atoms with Crippen LogP contribution >= 0.6 is 23.2 Å². The van der Waals surface area contributed by atoms with Crippen LogP contribution in [0, 0.1) is 0 Å². The third-order valence-corrected chi connectivity index (χ3v) is 5.41. The molecule has 168 valence electrons. The number of carbonyl (C=O) groups excluding carboxylic acids is 4. The molecule has 31 heavy (non-hydrogen) atoms. The van der Waals surface area contributed by atoms with Gasteiger partial charge in [0.2, 0.25) is 11.8 Å². The van der Waals surface area contributed by atoms with Crippen LogP contribution in [0.15, 0.2) is 12.1 Å². The van der Waals surface area contributed by atoms with E-state index in [9.17, 15) is 24.0 Å². The fourth-order valence-corrected chi connectivity index (χ4v) is 3.70. The molecule has 3 amide bonds. The van der Waals surface area contributed by atoms with Crippen molar-refractivity contribution in [2.45, 2.75) is 44.3 Å². The minimum absolute atomic E-state index is 0.0963. The second kappa shape index (κ2) is 10.5. The van der Waals surface area contributed by atoms with Gasteiger partial charge in [0, 0.05) is 12.1 Å². The monoisotopic (exact) mass is 472 g/mol. The lowest BCUT2D eigenvalue weighted by molar-refractivity contribution is -0.141. The number of carboxylic acids is 1. The molecule has 12 heteroatoms. The summed E-state index contributed by atoms with van der Waals surface area (Å²) < 4.78 is 0. The molecule has 1 aromatic carbocycles. The molecule has 0 saturated carbocycles. The normalized spacial score (nSPS) is 17.5. The molecule has 5 N–H and O–H groups in total. The Morgan fingerprint density at radius 3 is 2.42 bits per heavy atom. The molecule has 1 fully saturated rings. The van der Waals surface area contributed by atoms with Crippen molar-refractivity contribution in [3.8, 4) is 0 Å². The number of carbonyl (C=O) groups is 5. The van der Waals surface area contributed by atoms with Crippen LogP contribution in [0.3, 0.4) is 0 Å². The maximum absolute atomic E-state index is 12.8. The lowest BCUT2D eigenvalue weighted by atomic mass is 10.1. The van der Waals surface area contributed by atoms with Gasteiger partial charge >= 0.3 is 5.97 Å². The first-order chi connectivity index (χ1) is 14.5. The minimum Gasteiger partial charge on any atom is -0.481 e. The van der Waals surface area contributed by atoms with Crippen molar-refractivity contribution in [1.82, 2.24) is 15.5 Å². The molecule has 1 aromatic rings. The van der Waals surface area contributed by atoms with Crippen LogP contribution in [-0.4, -0.2) is 64.7 Å². The van der Waals surface area contributed by atoms with Gasteiger partial charge in [-0.3, -0.25) is 19.2 Å². The first-order valence-electron chi connectivity index (χ1n) is 9.38. The molecule has 0 aliphatic carbocycles. The van der Waals surface area contributed by atoms with E-state index in [1.54, 1.807) is 0 Å². The second-order valence-corrected chi connectivity index (χ2v) is 7.90. The summed E-state index contributed by atoms with van der Waals surface area (Å²) in [5, 5.41) is 13.9. The second-order valence-electron chi connectivity index (χ2n) is 7.09. The smallest absolute Gasteiger partial charge is 0.305 e. The highest BCUT2D eigenvalue weighted by Crippen LogP contribution is 2.29. The van der Waals surface area contributed by atoms with Crippen LogP contribution < -0.4 is 16.4 Å². The van der Waals surface area contributed by atoms with Crippen LogP contribution in [-0.2, 0) is 19.2 Å². The number of hydrogen-bond acceptors (Lipinski definition) is 6. The number of halogens is 2. The standard InChI is InChI=1S/C19H22Cl2N4O6/c1-9(23-17(29)10-5-12(20)16(22)13(21)6-10)19(31)25-4-2-3-14(25)18(30)24-11(8-26)7-15(27)28/h5-6,8-9,11,14H,2-4,7,22H2,1H3,(H,23,29)(H,24,30)(H,27,28)/t9-,11?,14-/m0/s1. The Hall–Kier alpha value is -2.85. The molecule has 1 unspecified atom stereocenters. The molecule has 0 aromatic heterocycles. The molecule has 2 rings (SSSR count). The van der Waals surface area contributed by atoms with Crippen molar-refractivity contribution in [1.29, 1.82) is 0 Å². The Kier molecular flexibility index (Phi) is 8.23. The number of likely N-dealkylation sites (tertiary alicyclic amines) is 1. The Morgan fingerprint density at radius 1 is 1.26 bits per heavy atom. The van der Waals surface area contributed by atoms with Gasteiger partial charge in [0.15, 0.2) is 0 Å². The third kappa shape index (κ3) is 6.08. The molecule has 0 bridgehead atoms. The fraction of sp³-hybridized carbons (Fsp3) is 0.421. The van der Waals surface area contributed by atoms with Crippen molar-refractivity contribution < 1.29 is 29.1 Å². The first-order valence-corrected chi connectivity index (χ1v) is 10.1.